The van der Waals surface area contributed by atoms with E-state index >= 15 is 0 Å². The standard InChI is InChI=1S/C17H16BrNO2.C16H19BrN2O.C16H16BrNO.C13H20O3.C11H16O3.C10H16O3.C6H10O3/c1-9-5-17(6-9)7-10(8-20)16(21)15-14(17)12-4-11(18)2-3-13(12)19-15;1-11-8-16(9-11)7-6-15(20)14(10-16)19-18-13-4-2-12(17)3-5-13;1-9-7-16(8-9)5-4-13(19)15-14(16)11-6-10(17)2-3-12(11)18-15;1-3-16-12(15)10-8-13(5-4-11(10)14)6-9(2)7-13;1-7-4-11(5-7)3-2-9(12)8(6-11)10(13)14;1-4-13-9(12)10(8(3)11)5-7(2)6-10;1-3-9-6(8)4-5(2)7/h2-4,8-10,19H,5-7H2,1H3;2-5,11,18H,6-10H2,1H3;2-3,6,9,18H,4-5,7-8H2,1H3;9-10H,3-8H2,1-2H3;7-8H,2-6H2,1H3,(H,13,14);7H,4-6H2,1-3H3;3-4H2,1-2H3/b;19-14-;;;;;. The number of carboxylic acid groups (broad SMARTS) is 1. The van der Waals surface area contributed by atoms with Crippen LogP contribution in [0.15, 0.2) is 79.2 Å². The fourth-order valence-electron chi connectivity index (χ4n) is 21.4. The maximum Gasteiger partial charge on any atom is 0.319 e. The summed E-state index contributed by atoms with van der Waals surface area (Å²) >= 11 is 10.5. The molecule has 23 heteroatoms. The van der Waals surface area contributed by atoms with Gasteiger partial charge in [-0.2, -0.15) is 5.10 Å². The van der Waals surface area contributed by atoms with Crippen LogP contribution in [0.2, 0.25) is 0 Å². The molecule has 3 aromatic carbocycles. The van der Waals surface area contributed by atoms with Gasteiger partial charge >= 0.3 is 23.9 Å². The Morgan fingerprint density at radius 1 is 0.527 bits per heavy atom. The molecular formula is C89H113Br3N4O16. The average molecular weight is 1730 g/mol. The van der Waals surface area contributed by atoms with Crippen molar-refractivity contribution in [1.82, 2.24) is 9.97 Å². The number of H-pyrrole nitrogens is 2. The van der Waals surface area contributed by atoms with Gasteiger partial charge in [-0.25, -0.2) is 0 Å². The number of ketones is 7. The number of carbonyl (C=O) groups is 12. The lowest BCUT2D eigenvalue weighted by Gasteiger charge is -2.50. The quantitative estimate of drug-likeness (QED) is 0.0296. The Kier molecular flexibility index (Phi) is 28.3. The number of aromatic amines is 2. The Morgan fingerprint density at radius 3 is 1.46 bits per heavy atom. The van der Waals surface area contributed by atoms with E-state index in [-0.39, 0.29) is 80.5 Å². The first kappa shape index (κ1) is 87.3. The molecule has 0 aliphatic heterocycles. The van der Waals surface area contributed by atoms with Crippen molar-refractivity contribution in [3.63, 3.8) is 0 Å². The summed E-state index contributed by atoms with van der Waals surface area (Å²) < 4.78 is 17.5. The summed E-state index contributed by atoms with van der Waals surface area (Å²) in [7, 11) is 0. The van der Waals surface area contributed by atoms with E-state index in [0.29, 0.717) is 94.1 Å². The smallest absolute Gasteiger partial charge is 0.319 e. The number of hydrazone groups is 1. The highest BCUT2D eigenvalue weighted by atomic mass is 79.9. The number of esters is 3. The molecule has 0 radical (unpaired) electrons. The van der Waals surface area contributed by atoms with Crippen LogP contribution >= 0.6 is 47.8 Å². The first-order valence-electron chi connectivity index (χ1n) is 40.5. The number of halogens is 3. The number of fused-ring (bicyclic) bond motifs is 8. The molecule has 5 spiro atoms. The third-order valence-electron chi connectivity index (χ3n) is 25.8. The minimum absolute atomic E-state index is 0.00722. The molecule has 9 fully saturated rings. The van der Waals surface area contributed by atoms with Gasteiger partial charge in [-0.3, -0.25) is 58.2 Å². The van der Waals surface area contributed by atoms with Crippen molar-refractivity contribution in [2.75, 3.05) is 25.2 Å². The van der Waals surface area contributed by atoms with Gasteiger partial charge in [-0.05, 0) is 291 Å². The molecule has 2 heterocycles. The summed E-state index contributed by atoms with van der Waals surface area (Å²) in [5, 5.41) is 15.6. The van der Waals surface area contributed by atoms with Crippen LogP contribution in [0.4, 0.5) is 5.69 Å². The second-order valence-corrected chi connectivity index (χ2v) is 38.1. The summed E-state index contributed by atoms with van der Waals surface area (Å²) in [6.07, 6.45) is 22.9. The van der Waals surface area contributed by atoms with Crippen LogP contribution in [0.1, 0.15) is 269 Å². The highest BCUT2D eigenvalue weighted by Gasteiger charge is 2.56. The fraction of sp³-hybridized carbons (Fsp3) is 0.607. The summed E-state index contributed by atoms with van der Waals surface area (Å²) in [5.41, 5.74) is 11.1. The maximum atomic E-state index is 12.5. The summed E-state index contributed by atoms with van der Waals surface area (Å²) in [6.45, 7) is 22.4. The number of Topliss-reactive ketones (excluding diaryl/α,β-unsaturated/α-hetero) is 7. The van der Waals surface area contributed by atoms with Crippen LogP contribution in [0, 0.1) is 74.9 Å². The molecule has 11 aliphatic carbocycles. The molecule has 0 bridgehead atoms. The van der Waals surface area contributed by atoms with Gasteiger partial charge in [0.1, 0.15) is 58.8 Å². The number of rotatable bonds is 12. The third-order valence-corrected chi connectivity index (χ3v) is 27.3. The highest BCUT2D eigenvalue weighted by Crippen LogP contribution is 2.60. The fourth-order valence-corrected chi connectivity index (χ4v) is 22.3. The molecule has 0 amide bonds. The van der Waals surface area contributed by atoms with E-state index < -0.39 is 35.1 Å². The van der Waals surface area contributed by atoms with Gasteiger partial charge in [-0.15, -0.1) is 0 Å². The van der Waals surface area contributed by atoms with Crippen LogP contribution in [0.3, 0.4) is 0 Å². The molecule has 3 atom stereocenters. The van der Waals surface area contributed by atoms with Crippen molar-refractivity contribution in [2.24, 2.45) is 80.0 Å². The van der Waals surface area contributed by atoms with Crippen molar-refractivity contribution in [2.45, 2.75) is 248 Å². The number of carboxylic acids is 1. The van der Waals surface area contributed by atoms with Crippen molar-refractivity contribution >= 4 is 152 Å². The number of aliphatic carboxylic acids is 1. The molecule has 2 aromatic heterocycles. The summed E-state index contributed by atoms with van der Waals surface area (Å²) in [5.74, 6) is 0.803. The molecule has 4 N–H and O–H groups in total. The van der Waals surface area contributed by atoms with Crippen LogP contribution in [-0.2, 0) is 73.0 Å². The second kappa shape index (κ2) is 36.4. The number of carbonyl (C=O) groups excluding carboxylic acids is 11. The monoisotopic (exact) mass is 1730 g/mol. The van der Waals surface area contributed by atoms with Crippen molar-refractivity contribution in [3.05, 3.63) is 96.6 Å². The Balaban J connectivity index is 0.000000141. The number of hydrogen-bond acceptors (Lipinski definition) is 17. The predicted octanol–water partition coefficient (Wildman–Crippen LogP) is 19.2. The number of aldehydes is 1. The Bertz CT molecular complexity index is 4420. The van der Waals surface area contributed by atoms with Gasteiger partial charge in [0.2, 0.25) is 0 Å². The maximum absolute atomic E-state index is 12.5. The number of ether oxygens (including phenoxy) is 3. The number of anilines is 1. The van der Waals surface area contributed by atoms with Gasteiger partial charge in [0.15, 0.2) is 17.3 Å². The zero-order valence-corrected chi connectivity index (χ0v) is 71.8. The SMILES string of the molecule is CC1CC2(C1)CC(C=O)C(=O)c1[nH]c3ccc(Br)cc3c12.CC1CC2(CCC(=O)/C(=N\Nc3ccc(Br)cc3)C2)C1.CC1CC2(CCC(=O)C(C(=O)O)C2)C1.CC1CC2(CCC(=O)c3[nH]c4ccc(Br)cc4c32)C1.CCOC(=O)C1(C(C)=O)CC(C)C1.CCOC(=O)C1CC2(CCC1=O)CC(C)C2.CCOC(=O)CC(C)=O. The van der Waals surface area contributed by atoms with E-state index in [0.717, 1.165) is 147 Å². The van der Waals surface area contributed by atoms with Gasteiger partial charge < -0.3 is 34.1 Å². The lowest BCUT2D eigenvalue weighted by molar-refractivity contribution is -0.169. The van der Waals surface area contributed by atoms with Crippen LogP contribution < -0.4 is 5.43 Å². The lowest BCUT2D eigenvalue weighted by Crippen LogP contribution is -2.49. The van der Waals surface area contributed by atoms with Gasteiger partial charge in [-0.1, -0.05) is 89.3 Å². The molecule has 5 aromatic rings. The predicted molar refractivity (Wildman–Crippen MR) is 440 cm³/mol. The van der Waals surface area contributed by atoms with Crippen molar-refractivity contribution in [3.8, 4) is 0 Å². The Labute approximate surface area is 683 Å². The van der Waals surface area contributed by atoms with Crippen molar-refractivity contribution in [1.29, 1.82) is 0 Å². The summed E-state index contributed by atoms with van der Waals surface area (Å²) in [4.78, 5) is 144. The zero-order valence-electron chi connectivity index (χ0n) is 67.0. The number of nitrogens with one attached hydrogen (secondary N) is 3. The molecule has 9 saturated carbocycles. The highest BCUT2D eigenvalue weighted by molar-refractivity contribution is 9.11. The molecule has 112 heavy (non-hydrogen) atoms. The van der Waals surface area contributed by atoms with E-state index in [1.165, 1.54) is 63.3 Å². The molecular weight excluding hydrogens is 1620 g/mol. The summed E-state index contributed by atoms with van der Waals surface area (Å²) in [6, 6.07) is 20.1. The van der Waals surface area contributed by atoms with Crippen LogP contribution in [0.5, 0.6) is 0 Å². The van der Waals surface area contributed by atoms with Crippen LogP contribution in [0.25, 0.3) is 21.8 Å². The van der Waals surface area contributed by atoms with E-state index in [1.54, 1.807) is 20.8 Å². The minimum atomic E-state index is -0.923. The number of aromatic nitrogens is 2. The second-order valence-electron chi connectivity index (χ2n) is 35.4. The lowest BCUT2D eigenvalue weighted by atomic mass is 9.53. The van der Waals surface area contributed by atoms with E-state index in [2.05, 4.69) is 126 Å². The van der Waals surface area contributed by atoms with Gasteiger partial charge in [0.05, 0.1) is 42.8 Å². The third kappa shape index (κ3) is 19.7. The van der Waals surface area contributed by atoms with Crippen molar-refractivity contribution < 1.29 is 76.9 Å². The normalized spacial score (nSPS) is 31.6. The Morgan fingerprint density at radius 2 is 0.982 bits per heavy atom. The van der Waals surface area contributed by atoms with E-state index in [1.807, 2.05) is 49.4 Å². The van der Waals surface area contributed by atoms with Gasteiger partial charge in [0.25, 0.3) is 0 Å². The molecule has 11 aliphatic rings. The Hall–Kier alpha value is -7.11. The number of hydrogen-bond donors (Lipinski definition) is 4. The molecule has 3 unspecified atom stereocenters. The molecule has 20 nitrogen and oxygen atoms in total. The largest absolute Gasteiger partial charge is 0.481 e. The minimum Gasteiger partial charge on any atom is -0.481 e. The topological polar surface area (TPSA) is 309 Å². The number of nitrogens with zero attached hydrogens (tertiary/aromatic N) is 1. The van der Waals surface area contributed by atoms with Crippen LogP contribution in [-0.4, -0.2) is 111 Å². The zero-order chi connectivity index (χ0) is 81.6. The molecule has 0 saturated heterocycles. The molecule has 16 rings (SSSR count). The van der Waals surface area contributed by atoms with E-state index in [4.69, 9.17) is 14.6 Å². The number of benzene rings is 3. The first-order chi connectivity index (χ1) is 53.0. The average Bonchev–Trinajstić information content (AvgIpc) is 1.51. The van der Waals surface area contributed by atoms with E-state index in [9.17, 15) is 57.5 Å². The van der Waals surface area contributed by atoms with Gasteiger partial charge in [0, 0.05) is 67.3 Å². The molecule has 606 valence electrons. The first-order valence-corrected chi connectivity index (χ1v) is 42.9.